The van der Waals surface area contributed by atoms with Gasteiger partial charge in [-0.2, -0.15) is 12.6 Å². The Balaban J connectivity index is 1.90. The van der Waals surface area contributed by atoms with Crippen LogP contribution in [0.5, 0.6) is 0 Å². The Hall–Kier alpha value is -2.65. The Labute approximate surface area is 279 Å². The van der Waals surface area contributed by atoms with Gasteiger partial charge < -0.3 is 30.5 Å². The number of carbonyl (C=O) groups is 3. The highest BCUT2D eigenvalue weighted by Gasteiger charge is 2.34. The first-order valence-corrected chi connectivity index (χ1v) is 18.3. The first-order chi connectivity index (χ1) is 22.3. The van der Waals surface area contributed by atoms with E-state index < -0.39 is 96.9 Å². The second-order valence-electron chi connectivity index (χ2n) is 10.6. The third-order valence-corrected chi connectivity index (χ3v) is 9.55. The maximum atomic E-state index is 15.5. The topological polar surface area (TPSA) is 209 Å². The Morgan fingerprint density at radius 3 is 2.11 bits per heavy atom. The van der Waals surface area contributed by atoms with E-state index in [9.17, 15) is 31.4 Å². The normalized spacial score (nSPS) is 15.6. The number of hydrogen-bond acceptors (Lipinski definition) is 10. The molecule has 1 aliphatic rings. The highest BCUT2D eigenvalue weighted by molar-refractivity contribution is 7.91. The second kappa shape index (κ2) is 20.7. The molecule has 14 nitrogen and oxygen atoms in total. The fourth-order valence-electron chi connectivity index (χ4n) is 4.66. The number of thiol groups is 1. The lowest BCUT2D eigenvalue weighted by molar-refractivity contribution is -0.141. The van der Waals surface area contributed by atoms with Crippen molar-refractivity contribution in [2.24, 2.45) is 0 Å². The monoisotopic (exact) mass is 734 g/mol. The van der Waals surface area contributed by atoms with Gasteiger partial charge in [0.15, 0.2) is 27.3 Å². The van der Waals surface area contributed by atoms with Crippen molar-refractivity contribution in [2.75, 3.05) is 54.5 Å². The van der Waals surface area contributed by atoms with E-state index in [0.29, 0.717) is 12.8 Å². The molecule has 0 bridgehead atoms. The molecule has 2 amide bonds. The summed E-state index contributed by atoms with van der Waals surface area (Å²) in [5.74, 6) is -9.08. The summed E-state index contributed by atoms with van der Waals surface area (Å²) in [6, 6.07) is -1.58. The van der Waals surface area contributed by atoms with Crippen LogP contribution in [0.1, 0.15) is 57.8 Å². The van der Waals surface area contributed by atoms with Gasteiger partial charge >= 0.3 is 5.97 Å². The molecule has 2 unspecified atom stereocenters. The molecule has 2 rings (SSSR count). The number of aliphatic carboxylic acids is 1. The van der Waals surface area contributed by atoms with Crippen LogP contribution in [-0.4, -0.2) is 96.6 Å². The molecule has 268 valence electrons. The second-order valence-corrected chi connectivity index (χ2v) is 13.7. The van der Waals surface area contributed by atoms with E-state index in [2.05, 4.69) is 28.6 Å². The van der Waals surface area contributed by atoms with Crippen molar-refractivity contribution in [3.8, 4) is 0 Å². The van der Waals surface area contributed by atoms with Gasteiger partial charge in [0.1, 0.15) is 16.6 Å². The zero-order chi connectivity index (χ0) is 35.0. The fraction of sp³-hybridized carbons (Fsp3) is 0.667. The number of halogens is 3. The van der Waals surface area contributed by atoms with Crippen molar-refractivity contribution < 1.29 is 59.3 Å². The zero-order valence-corrected chi connectivity index (χ0v) is 28.1. The average molecular weight is 735 g/mol. The quantitative estimate of drug-likeness (QED) is 0.0448. The minimum absolute atomic E-state index is 0.00572. The summed E-state index contributed by atoms with van der Waals surface area (Å²) in [4.78, 5) is 33.6. The van der Waals surface area contributed by atoms with Gasteiger partial charge in [0.2, 0.25) is 11.8 Å². The predicted octanol–water partition coefficient (Wildman–Crippen LogP) is 2.38. The van der Waals surface area contributed by atoms with E-state index >= 15 is 8.78 Å². The molecule has 1 aliphatic carbocycles. The molecule has 0 saturated heterocycles. The van der Waals surface area contributed by atoms with E-state index in [1.807, 2.05) is 0 Å². The van der Waals surface area contributed by atoms with Crippen LogP contribution in [0.25, 0.3) is 0 Å². The van der Waals surface area contributed by atoms with Crippen LogP contribution in [0, 0.1) is 17.5 Å². The summed E-state index contributed by atoms with van der Waals surface area (Å²) >= 11 is 0.851. The number of benzene rings is 1. The molecule has 0 spiro atoms. The third-order valence-electron chi connectivity index (χ3n) is 7.06. The Bertz CT molecular complexity index is 1350. The van der Waals surface area contributed by atoms with Crippen molar-refractivity contribution in [1.29, 1.82) is 0 Å². The Morgan fingerprint density at radius 2 is 1.51 bits per heavy atom. The molecule has 20 heteroatoms. The molecule has 2 atom stereocenters. The molecule has 6 N–H and O–H groups in total. The molecular weight excluding hydrogens is 694 g/mol. The first kappa shape index (κ1) is 40.5. The molecule has 0 heterocycles. The number of anilines is 2. The number of carboxylic acids is 1. The molecule has 47 heavy (non-hydrogen) atoms. The van der Waals surface area contributed by atoms with E-state index in [1.165, 1.54) is 0 Å². The Morgan fingerprint density at radius 1 is 0.894 bits per heavy atom. The molecular formula is C27H41F3N4O10S3. The van der Waals surface area contributed by atoms with Gasteiger partial charge in [0, 0.05) is 31.2 Å². The maximum absolute atomic E-state index is 15.5. The number of sulfone groups is 1. The number of carboxylic acid groups (broad SMARTS) is 1. The van der Waals surface area contributed by atoms with Crippen LogP contribution >= 0.6 is 12.6 Å². The van der Waals surface area contributed by atoms with E-state index in [-0.39, 0.29) is 45.1 Å². The van der Waals surface area contributed by atoms with Gasteiger partial charge in [-0.05, 0) is 12.8 Å². The lowest BCUT2D eigenvalue weighted by Crippen LogP contribution is -2.42. The highest BCUT2D eigenvalue weighted by Crippen LogP contribution is 2.38. The standard InChI is InChI=1S/C27H41F3N4O10S3/c28-21-22(29)26(25(23(30)24(21)34-46(39)40)32-17-6-4-2-1-3-5-7-17)47(41,42)15-9-19(35)31-10-12-44-14-13-43-11-8-20(36)33-18(16-45)27(37)38/h17-18,32,34,45H,1-16H2,(H,31,35)(H,33,36)(H,37,38)(H,39,40). The summed E-state index contributed by atoms with van der Waals surface area (Å²) < 4.78 is 104. The van der Waals surface area contributed by atoms with Crippen LogP contribution < -0.4 is 20.7 Å². The van der Waals surface area contributed by atoms with Gasteiger partial charge in [0.25, 0.3) is 11.3 Å². The highest BCUT2D eigenvalue weighted by atomic mass is 32.2. The number of hydrogen-bond donors (Lipinski definition) is 7. The smallest absolute Gasteiger partial charge is 0.327 e. The summed E-state index contributed by atoms with van der Waals surface area (Å²) in [6.45, 7) is 0.152. The van der Waals surface area contributed by atoms with Gasteiger partial charge in [0.05, 0.1) is 37.9 Å². The van der Waals surface area contributed by atoms with Crippen molar-refractivity contribution in [2.45, 2.75) is 74.8 Å². The minimum atomic E-state index is -4.79. The largest absolute Gasteiger partial charge is 0.480 e. The van der Waals surface area contributed by atoms with Gasteiger partial charge in [-0.15, -0.1) is 0 Å². The maximum Gasteiger partial charge on any atom is 0.327 e. The molecule has 1 aromatic rings. The molecule has 1 aromatic carbocycles. The van der Waals surface area contributed by atoms with Crippen LogP contribution in [0.4, 0.5) is 24.5 Å². The minimum Gasteiger partial charge on any atom is -0.480 e. The fourth-order valence-corrected chi connectivity index (χ4v) is 6.74. The molecule has 0 radical (unpaired) electrons. The van der Waals surface area contributed by atoms with Gasteiger partial charge in [-0.25, -0.2) is 30.6 Å². The lowest BCUT2D eigenvalue weighted by atomic mass is 9.96. The van der Waals surface area contributed by atoms with Crippen LogP contribution in [0.15, 0.2) is 4.90 Å². The van der Waals surface area contributed by atoms with E-state index in [0.717, 1.165) is 32.1 Å². The summed E-state index contributed by atoms with van der Waals surface area (Å²) in [5.41, 5.74) is -2.18. The number of nitrogens with one attached hydrogen (secondary N) is 4. The van der Waals surface area contributed by atoms with Gasteiger partial charge in [-0.3, -0.25) is 18.9 Å². The van der Waals surface area contributed by atoms with Crippen LogP contribution in [-0.2, 0) is 45.0 Å². The third kappa shape index (κ3) is 13.8. The SMILES string of the molecule is O=C(CCS(=O)(=O)c1c(F)c(F)c(NS(=O)O)c(F)c1NC1CCCCCCC1)NCCOCCOCCC(=O)NC(CS)C(=O)O. The van der Waals surface area contributed by atoms with Crippen molar-refractivity contribution in [3.05, 3.63) is 17.5 Å². The summed E-state index contributed by atoms with van der Waals surface area (Å²) in [7, 11) is -4.79. The van der Waals surface area contributed by atoms with Crippen LogP contribution in [0.2, 0.25) is 0 Å². The molecule has 0 aromatic heterocycles. The number of rotatable bonds is 20. The Kier molecular flexibility index (Phi) is 17.8. The summed E-state index contributed by atoms with van der Waals surface area (Å²) in [5, 5.41) is 16.3. The number of ether oxygens (including phenoxy) is 2. The number of amides is 2. The molecule has 0 aliphatic heterocycles. The number of carbonyl (C=O) groups excluding carboxylic acids is 2. The predicted molar refractivity (Wildman–Crippen MR) is 170 cm³/mol. The van der Waals surface area contributed by atoms with Crippen molar-refractivity contribution in [1.82, 2.24) is 10.6 Å². The van der Waals surface area contributed by atoms with E-state index in [1.54, 1.807) is 4.72 Å². The van der Waals surface area contributed by atoms with Crippen LogP contribution in [0.3, 0.4) is 0 Å². The van der Waals surface area contributed by atoms with Gasteiger partial charge in [-0.1, -0.05) is 32.1 Å². The zero-order valence-electron chi connectivity index (χ0n) is 25.5. The molecule has 1 fully saturated rings. The molecule has 1 saturated carbocycles. The summed E-state index contributed by atoms with van der Waals surface area (Å²) in [6.07, 6.45) is 4.52. The lowest BCUT2D eigenvalue weighted by Gasteiger charge is -2.25. The first-order valence-electron chi connectivity index (χ1n) is 14.9. The van der Waals surface area contributed by atoms with Crippen molar-refractivity contribution >= 4 is 62.9 Å². The average Bonchev–Trinajstić information content (AvgIpc) is 2.99. The van der Waals surface area contributed by atoms with Crippen molar-refractivity contribution in [3.63, 3.8) is 0 Å². The van der Waals surface area contributed by atoms with E-state index in [4.69, 9.17) is 19.1 Å².